The second kappa shape index (κ2) is 10.6. The molecule has 1 unspecified atom stereocenters. The maximum absolute atomic E-state index is 12.8. The maximum Gasteiger partial charge on any atom is 0.410 e. The molecule has 0 aliphatic heterocycles. The lowest BCUT2D eigenvalue weighted by Crippen LogP contribution is -2.43. The van der Waals surface area contributed by atoms with Gasteiger partial charge in [-0.1, -0.05) is 48.5 Å². The Morgan fingerprint density at radius 1 is 1.00 bits per heavy atom. The summed E-state index contributed by atoms with van der Waals surface area (Å²) in [6, 6.07) is 14.6. The molecule has 2 aromatic rings. The van der Waals surface area contributed by atoms with E-state index in [0.29, 0.717) is 19.4 Å². The summed E-state index contributed by atoms with van der Waals surface area (Å²) in [5, 5.41) is 11.9. The molecule has 0 fully saturated rings. The zero-order valence-corrected chi connectivity index (χ0v) is 20.0. The van der Waals surface area contributed by atoms with E-state index >= 15 is 0 Å². The fraction of sp³-hybridized carbons (Fsp3) is 0.423. The highest BCUT2D eigenvalue weighted by Crippen LogP contribution is 2.46. The summed E-state index contributed by atoms with van der Waals surface area (Å²) in [6.45, 7) is 5.51. The monoisotopic (exact) mass is 468 g/mol. The molecule has 34 heavy (non-hydrogen) atoms. The number of nitrogens with one attached hydrogen (secondary N) is 1. The van der Waals surface area contributed by atoms with Gasteiger partial charge in [0.25, 0.3) is 0 Å². The Bertz CT molecular complexity index is 1000. The van der Waals surface area contributed by atoms with Crippen LogP contribution < -0.4 is 5.32 Å². The number of alkyl carbamates (subject to hydrolysis) is 1. The Labute approximate surface area is 199 Å². The number of rotatable bonds is 8. The van der Waals surface area contributed by atoms with Gasteiger partial charge in [0, 0.05) is 6.54 Å². The number of aliphatic carboxylic acids is 1. The summed E-state index contributed by atoms with van der Waals surface area (Å²) >= 11 is 0. The van der Waals surface area contributed by atoms with Gasteiger partial charge in [0.2, 0.25) is 0 Å². The van der Waals surface area contributed by atoms with Gasteiger partial charge in [-0.2, -0.15) is 0 Å². The largest absolute Gasteiger partial charge is 0.480 e. The molecule has 182 valence electrons. The number of methoxy groups -OCH3 is 1. The van der Waals surface area contributed by atoms with Crippen LogP contribution in [0.3, 0.4) is 0 Å². The summed E-state index contributed by atoms with van der Waals surface area (Å²) in [6.07, 6.45) is 0.0152. The Morgan fingerprint density at radius 3 is 2.06 bits per heavy atom. The van der Waals surface area contributed by atoms with Crippen molar-refractivity contribution in [3.05, 3.63) is 59.7 Å². The van der Waals surface area contributed by atoms with Gasteiger partial charge >= 0.3 is 18.2 Å². The molecule has 0 saturated heterocycles. The van der Waals surface area contributed by atoms with Crippen molar-refractivity contribution in [3.63, 3.8) is 0 Å². The van der Waals surface area contributed by atoms with Crippen LogP contribution in [0, 0.1) is 0 Å². The molecule has 2 aromatic carbocycles. The van der Waals surface area contributed by atoms with Crippen LogP contribution in [0.15, 0.2) is 48.5 Å². The number of carbonyl (C=O) groups is 3. The molecule has 1 aliphatic carbocycles. The van der Waals surface area contributed by atoms with E-state index in [1.807, 2.05) is 48.5 Å². The minimum atomic E-state index is -1.13. The summed E-state index contributed by atoms with van der Waals surface area (Å²) in [7, 11) is 1.35. The zero-order valence-electron chi connectivity index (χ0n) is 20.0. The lowest BCUT2D eigenvalue weighted by atomic mass is 10.0. The summed E-state index contributed by atoms with van der Waals surface area (Å²) in [4.78, 5) is 38.0. The molecule has 2 N–H and O–H groups in total. The van der Waals surface area contributed by atoms with E-state index in [1.54, 1.807) is 25.7 Å². The average molecular weight is 469 g/mol. The molecule has 0 spiro atoms. The molecule has 3 rings (SSSR count). The van der Waals surface area contributed by atoms with Gasteiger partial charge in [-0.3, -0.25) is 4.90 Å². The maximum atomic E-state index is 12.8. The highest BCUT2D eigenvalue weighted by molar-refractivity contribution is 5.81. The van der Waals surface area contributed by atoms with Crippen LogP contribution in [0.1, 0.15) is 57.2 Å². The molecule has 0 saturated carbocycles. The highest BCUT2D eigenvalue weighted by atomic mass is 16.6. The third-order valence-electron chi connectivity index (χ3n) is 5.65. The molecule has 0 bridgehead atoms. The molecule has 0 heterocycles. The predicted octanol–water partition coefficient (Wildman–Crippen LogP) is 4.97. The number of nitrogens with zero attached hydrogens (tertiary/aromatic N) is 1. The van der Waals surface area contributed by atoms with Gasteiger partial charge in [-0.15, -0.1) is 0 Å². The topological polar surface area (TPSA) is 105 Å². The lowest BCUT2D eigenvalue weighted by Gasteiger charge is -2.29. The number of carboxylic acids is 1. The van der Waals surface area contributed by atoms with Crippen LogP contribution >= 0.6 is 0 Å². The number of fused-ring (bicyclic) bond motifs is 3. The van der Waals surface area contributed by atoms with Gasteiger partial charge in [0.05, 0.1) is 13.2 Å². The molecule has 8 heteroatoms. The summed E-state index contributed by atoms with van der Waals surface area (Å²) < 4.78 is 10.2. The molecule has 0 aromatic heterocycles. The van der Waals surface area contributed by atoms with Crippen LogP contribution in [0.2, 0.25) is 0 Å². The van der Waals surface area contributed by atoms with Gasteiger partial charge in [-0.05, 0) is 62.3 Å². The number of unbranched alkanes of at least 4 members (excludes halogenated alkanes) is 1. The Hall–Kier alpha value is -3.55. The predicted molar refractivity (Wildman–Crippen MR) is 127 cm³/mol. The molecule has 1 aliphatic rings. The van der Waals surface area contributed by atoms with Crippen molar-refractivity contribution in [3.8, 4) is 11.1 Å². The van der Waals surface area contributed by atoms with Gasteiger partial charge in [0.15, 0.2) is 0 Å². The van der Waals surface area contributed by atoms with Gasteiger partial charge < -0.3 is 19.9 Å². The Morgan fingerprint density at radius 2 is 1.56 bits per heavy atom. The minimum Gasteiger partial charge on any atom is -0.480 e. The van der Waals surface area contributed by atoms with Crippen LogP contribution in [0.5, 0.6) is 0 Å². The zero-order chi connectivity index (χ0) is 24.9. The van der Waals surface area contributed by atoms with E-state index in [2.05, 4.69) is 5.32 Å². The fourth-order valence-electron chi connectivity index (χ4n) is 4.25. The molecular weight excluding hydrogens is 436 g/mol. The first-order valence-electron chi connectivity index (χ1n) is 11.4. The van der Waals surface area contributed by atoms with E-state index in [-0.39, 0.29) is 12.5 Å². The van der Waals surface area contributed by atoms with Crippen molar-refractivity contribution >= 4 is 18.2 Å². The summed E-state index contributed by atoms with van der Waals surface area (Å²) in [5.74, 6) is -1.13. The number of ether oxygens (including phenoxy) is 2. The standard InChI is InChI=1S/C26H32N2O6/c1-26(2,3)34-24(31)27-21(23(29)30)15-9-10-16-28(25(32)33-4)22-19-13-7-5-11-17(19)18-12-6-8-14-20(18)22/h5-8,11-14,21-22H,9-10,15-16H2,1-4H3,(H,27,31)(H,29,30). The van der Waals surface area contributed by atoms with E-state index < -0.39 is 29.8 Å². The van der Waals surface area contributed by atoms with Crippen molar-refractivity contribution in [2.75, 3.05) is 13.7 Å². The fourth-order valence-corrected chi connectivity index (χ4v) is 4.25. The van der Waals surface area contributed by atoms with E-state index in [4.69, 9.17) is 9.47 Å². The van der Waals surface area contributed by atoms with E-state index in [1.165, 1.54) is 7.11 Å². The number of amides is 2. The Balaban J connectivity index is 1.69. The molecular formula is C26H32N2O6. The lowest BCUT2D eigenvalue weighted by molar-refractivity contribution is -0.139. The summed E-state index contributed by atoms with van der Waals surface area (Å²) in [5.41, 5.74) is 3.52. The minimum absolute atomic E-state index is 0.210. The first-order chi connectivity index (χ1) is 16.1. The number of carbonyl (C=O) groups excluding carboxylic acids is 2. The number of hydrogen-bond donors (Lipinski definition) is 2. The van der Waals surface area contributed by atoms with Crippen LogP contribution in [-0.4, -0.2) is 53.5 Å². The van der Waals surface area contributed by atoms with Crippen molar-refractivity contribution in [2.24, 2.45) is 0 Å². The Kier molecular flexibility index (Phi) is 7.81. The third kappa shape index (κ3) is 5.87. The van der Waals surface area contributed by atoms with Crippen LogP contribution in [0.4, 0.5) is 9.59 Å². The molecule has 2 amide bonds. The van der Waals surface area contributed by atoms with Crippen molar-refractivity contribution in [2.45, 2.75) is 57.7 Å². The van der Waals surface area contributed by atoms with Crippen molar-refractivity contribution in [1.29, 1.82) is 0 Å². The molecule has 0 radical (unpaired) electrons. The van der Waals surface area contributed by atoms with E-state index in [9.17, 15) is 19.5 Å². The van der Waals surface area contributed by atoms with Crippen LogP contribution in [0.25, 0.3) is 11.1 Å². The normalized spacial score (nSPS) is 13.4. The smallest absolute Gasteiger partial charge is 0.410 e. The first kappa shape index (κ1) is 25.1. The van der Waals surface area contributed by atoms with E-state index in [0.717, 1.165) is 22.3 Å². The average Bonchev–Trinajstić information content (AvgIpc) is 3.11. The third-order valence-corrected chi connectivity index (χ3v) is 5.65. The highest BCUT2D eigenvalue weighted by Gasteiger charge is 2.35. The second-order valence-corrected chi connectivity index (χ2v) is 9.27. The van der Waals surface area contributed by atoms with Gasteiger partial charge in [0.1, 0.15) is 11.6 Å². The molecule has 8 nitrogen and oxygen atoms in total. The van der Waals surface area contributed by atoms with Gasteiger partial charge in [-0.25, -0.2) is 14.4 Å². The van der Waals surface area contributed by atoms with Crippen LogP contribution in [-0.2, 0) is 14.3 Å². The number of carboxylic acid groups (broad SMARTS) is 1. The second-order valence-electron chi connectivity index (χ2n) is 9.27. The molecule has 1 atom stereocenters. The van der Waals surface area contributed by atoms with Crippen molar-refractivity contribution < 1.29 is 29.0 Å². The number of hydrogen-bond acceptors (Lipinski definition) is 5. The number of benzene rings is 2. The SMILES string of the molecule is COC(=O)N(CCCCC(NC(=O)OC(C)(C)C)C(=O)O)C1c2ccccc2-c2ccccc21. The van der Waals surface area contributed by atoms with Crippen molar-refractivity contribution in [1.82, 2.24) is 10.2 Å². The quantitative estimate of drug-likeness (QED) is 0.530. The first-order valence-corrected chi connectivity index (χ1v) is 11.4.